The summed E-state index contributed by atoms with van der Waals surface area (Å²) in [5.74, 6) is 0.636. The predicted octanol–water partition coefficient (Wildman–Crippen LogP) is 3.27. The van der Waals surface area contributed by atoms with Crippen molar-refractivity contribution < 1.29 is 14.3 Å². The van der Waals surface area contributed by atoms with Crippen LogP contribution in [0, 0.1) is 0 Å². The third kappa shape index (κ3) is 4.31. The summed E-state index contributed by atoms with van der Waals surface area (Å²) in [5, 5.41) is 2.82. The van der Waals surface area contributed by atoms with Crippen molar-refractivity contribution in [2.45, 2.75) is 13.2 Å². The van der Waals surface area contributed by atoms with Gasteiger partial charge in [0.2, 0.25) is 5.91 Å². The molecule has 1 N–H and O–H groups in total. The minimum absolute atomic E-state index is 0.147. The molecule has 0 atom stereocenters. The summed E-state index contributed by atoms with van der Waals surface area (Å²) in [6, 6.07) is 18.0. The number of benzene rings is 2. The number of nitrogens with one attached hydrogen (secondary N) is 1. The van der Waals surface area contributed by atoms with Crippen LogP contribution in [0.3, 0.4) is 0 Å². The Morgan fingerprint density at radius 1 is 1.06 bits per heavy atom. The van der Waals surface area contributed by atoms with Crippen LogP contribution < -0.4 is 20.3 Å². The first kappa shape index (κ1) is 21.2. The highest BCUT2D eigenvalue weighted by Gasteiger charge is 2.12. The molecule has 0 aliphatic carbocycles. The summed E-state index contributed by atoms with van der Waals surface area (Å²) in [5.41, 5.74) is 2.99. The molecule has 0 aliphatic rings. The maximum atomic E-state index is 12.7. The minimum Gasteiger partial charge on any atom is -0.493 e. The van der Waals surface area contributed by atoms with Crippen LogP contribution in [0.25, 0.3) is 16.7 Å². The summed E-state index contributed by atoms with van der Waals surface area (Å²) >= 11 is 0. The molecule has 170 valence electrons. The lowest BCUT2D eigenvalue weighted by Gasteiger charge is -2.13. The van der Waals surface area contributed by atoms with Gasteiger partial charge in [0, 0.05) is 24.1 Å². The van der Waals surface area contributed by atoms with Gasteiger partial charge in [-0.1, -0.05) is 18.2 Å². The van der Waals surface area contributed by atoms with E-state index in [0.29, 0.717) is 28.2 Å². The maximum absolute atomic E-state index is 12.7. The molecule has 1 amide bonds. The molecule has 0 saturated heterocycles. The van der Waals surface area contributed by atoms with Crippen molar-refractivity contribution in [2.24, 2.45) is 0 Å². The highest BCUT2D eigenvalue weighted by Crippen LogP contribution is 2.31. The van der Waals surface area contributed by atoms with E-state index in [0.717, 1.165) is 11.3 Å². The fraction of sp³-hybridized carbons (Fsp3) is 0.120. The number of carbonyl (C=O) groups excluding carboxylic acids is 1. The zero-order valence-electron chi connectivity index (χ0n) is 18.3. The molecule has 0 unspecified atom stereocenters. The molecule has 3 heterocycles. The Hall–Kier alpha value is -4.66. The molecule has 5 aromatic rings. The number of fused-ring (bicyclic) bond motifs is 2. The van der Waals surface area contributed by atoms with Crippen LogP contribution in [-0.4, -0.2) is 32.0 Å². The van der Waals surface area contributed by atoms with Crippen LogP contribution in [0.15, 0.2) is 84.0 Å². The molecule has 0 saturated carbocycles. The van der Waals surface area contributed by atoms with Gasteiger partial charge in [-0.25, -0.2) is 9.97 Å². The van der Waals surface area contributed by atoms with E-state index < -0.39 is 0 Å². The van der Waals surface area contributed by atoms with Gasteiger partial charge < -0.3 is 19.2 Å². The number of para-hydroxylation sites is 2. The summed E-state index contributed by atoms with van der Waals surface area (Å²) in [6.45, 7) is 0.0825. The lowest BCUT2D eigenvalue weighted by atomic mass is 10.2. The zero-order chi connectivity index (χ0) is 23.5. The molecule has 0 aliphatic heterocycles. The van der Waals surface area contributed by atoms with Crippen LogP contribution in [0.4, 0.5) is 5.69 Å². The Balaban J connectivity index is 1.32. The predicted molar refractivity (Wildman–Crippen MR) is 127 cm³/mol. The molecule has 34 heavy (non-hydrogen) atoms. The number of ether oxygens (including phenoxy) is 2. The van der Waals surface area contributed by atoms with E-state index in [-0.39, 0.29) is 24.6 Å². The topological polar surface area (TPSA) is 99.8 Å². The Bertz CT molecular complexity index is 1520. The highest BCUT2D eigenvalue weighted by atomic mass is 16.5. The van der Waals surface area contributed by atoms with E-state index in [4.69, 9.17) is 9.47 Å². The van der Waals surface area contributed by atoms with Gasteiger partial charge >= 0.3 is 0 Å². The minimum atomic E-state index is -0.352. The van der Waals surface area contributed by atoms with E-state index in [1.807, 2.05) is 41.1 Å². The van der Waals surface area contributed by atoms with Crippen LogP contribution in [0.5, 0.6) is 11.5 Å². The zero-order valence-corrected chi connectivity index (χ0v) is 18.3. The van der Waals surface area contributed by atoms with Crippen molar-refractivity contribution in [1.82, 2.24) is 18.9 Å². The third-order valence-electron chi connectivity index (χ3n) is 5.29. The fourth-order valence-corrected chi connectivity index (χ4v) is 3.70. The van der Waals surface area contributed by atoms with Crippen molar-refractivity contribution >= 4 is 28.3 Å². The van der Waals surface area contributed by atoms with E-state index in [1.165, 1.54) is 10.8 Å². The quantitative estimate of drug-likeness (QED) is 0.404. The van der Waals surface area contributed by atoms with E-state index in [1.54, 1.807) is 43.5 Å². The van der Waals surface area contributed by atoms with Gasteiger partial charge in [0.15, 0.2) is 11.5 Å². The second kappa shape index (κ2) is 9.07. The molecule has 0 bridgehead atoms. The van der Waals surface area contributed by atoms with Crippen LogP contribution in [0.1, 0.15) is 5.69 Å². The lowest BCUT2D eigenvalue weighted by Crippen LogP contribution is -2.28. The van der Waals surface area contributed by atoms with E-state index in [2.05, 4.69) is 15.3 Å². The first-order valence-electron chi connectivity index (χ1n) is 10.6. The Morgan fingerprint density at radius 3 is 2.76 bits per heavy atom. The van der Waals surface area contributed by atoms with Gasteiger partial charge in [-0.2, -0.15) is 0 Å². The average molecular weight is 455 g/mol. The first-order chi connectivity index (χ1) is 16.6. The van der Waals surface area contributed by atoms with Crippen molar-refractivity contribution in [2.75, 3.05) is 12.4 Å². The number of nitrogens with zero attached hydrogens (tertiary/aromatic N) is 4. The molecule has 3 aromatic heterocycles. The average Bonchev–Trinajstić information content (AvgIpc) is 3.28. The Morgan fingerprint density at radius 2 is 1.91 bits per heavy atom. The largest absolute Gasteiger partial charge is 0.493 e. The second-order valence-electron chi connectivity index (χ2n) is 7.57. The first-order valence-corrected chi connectivity index (χ1v) is 10.6. The monoisotopic (exact) mass is 455 g/mol. The van der Waals surface area contributed by atoms with Crippen molar-refractivity contribution in [3.63, 3.8) is 0 Å². The molecule has 2 aromatic carbocycles. The van der Waals surface area contributed by atoms with Gasteiger partial charge in [-0.15, -0.1) is 0 Å². The number of hydrogen-bond donors (Lipinski definition) is 1. The maximum Gasteiger partial charge on any atom is 0.269 e. The number of methoxy groups -OCH3 is 1. The van der Waals surface area contributed by atoms with Crippen molar-refractivity contribution in [3.8, 4) is 11.5 Å². The molecule has 0 fully saturated rings. The van der Waals surface area contributed by atoms with Gasteiger partial charge in [0.1, 0.15) is 18.8 Å². The highest BCUT2D eigenvalue weighted by molar-refractivity contribution is 5.91. The number of anilines is 1. The van der Waals surface area contributed by atoms with Gasteiger partial charge in [0.05, 0.1) is 30.0 Å². The number of amides is 1. The second-order valence-corrected chi connectivity index (χ2v) is 7.57. The van der Waals surface area contributed by atoms with Gasteiger partial charge in [-0.3, -0.25) is 14.2 Å². The number of pyridine rings is 1. The van der Waals surface area contributed by atoms with Gasteiger partial charge in [-0.05, 0) is 36.4 Å². The molecular formula is C25H21N5O4. The SMILES string of the molecule is COc1ccc(NC(=O)Cn2c(=O)cnc3ccccc32)cc1OCc1cn2ccccc2n1. The molecule has 5 rings (SSSR count). The summed E-state index contributed by atoms with van der Waals surface area (Å²) < 4.78 is 14.6. The van der Waals surface area contributed by atoms with Gasteiger partial charge in [0.25, 0.3) is 5.56 Å². The van der Waals surface area contributed by atoms with E-state index >= 15 is 0 Å². The summed E-state index contributed by atoms with van der Waals surface area (Å²) in [4.78, 5) is 33.7. The summed E-state index contributed by atoms with van der Waals surface area (Å²) in [6.07, 6.45) is 5.03. The number of aromatic nitrogens is 4. The van der Waals surface area contributed by atoms with Crippen LogP contribution >= 0.6 is 0 Å². The number of imidazole rings is 1. The molecule has 0 spiro atoms. The molecular weight excluding hydrogens is 434 g/mol. The standard InChI is InChI=1S/C25H21N5O4/c1-33-21-10-9-17(12-22(21)34-16-18-14-29-11-5-4-8-23(29)27-18)28-24(31)15-30-20-7-3-2-6-19(20)26-13-25(30)32/h2-14H,15-16H2,1H3,(H,28,31). The molecule has 9 nitrogen and oxygen atoms in total. The number of hydrogen-bond acceptors (Lipinski definition) is 6. The molecule has 0 radical (unpaired) electrons. The van der Waals surface area contributed by atoms with Crippen LogP contribution in [0.2, 0.25) is 0 Å². The van der Waals surface area contributed by atoms with Crippen molar-refractivity contribution in [1.29, 1.82) is 0 Å². The lowest BCUT2D eigenvalue weighted by molar-refractivity contribution is -0.116. The summed E-state index contributed by atoms with van der Waals surface area (Å²) in [7, 11) is 1.55. The fourth-order valence-electron chi connectivity index (χ4n) is 3.70. The van der Waals surface area contributed by atoms with Crippen LogP contribution in [-0.2, 0) is 17.9 Å². The third-order valence-corrected chi connectivity index (χ3v) is 5.29. The number of rotatable bonds is 7. The van der Waals surface area contributed by atoms with Crippen molar-refractivity contribution in [3.05, 3.63) is 95.3 Å². The number of carbonyl (C=O) groups is 1. The molecule has 9 heteroatoms. The smallest absolute Gasteiger partial charge is 0.269 e. The van der Waals surface area contributed by atoms with E-state index in [9.17, 15) is 9.59 Å². The Kier molecular flexibility index (Phi) is 5.65. The Labute approximate surface area is 194 Å². The normalized spacial score (nSPS) is 11.0.